The lowest BCUT2D eigenvalue weighted by molar-refractivity contribution is -0.390. The number of hydrogen-bond acceptors (Lipinski definition) is 5. The lowest BCUT2D eigenvalue weighted by Gasteiger charge is -2.06. The van der Waals surface area contributed by atoms with Gasteiger partial charge in [0.05, 0.1) is 0 Å². The quantitative estimate of drug-likeness (QED) is 0.474. The fraction of sp³-hybridized carbons (Fsp3) is 0.143. The minimum atomic E-state index is -0.630. The molecule has 0 aliphatic carbocycles. The molecule has 2 rings (SSSR count). The maximum atomic E-state index is 11.9. The predicted octanol–water partition coefficient (Wildman–Crippen LogP) is 2.56. The second kappa shape index (κ2) is 5.92. The van der Waals surface area contributed by atoms with Gasteiger partial charge in [-0.25, -0.2) is 0 Å². The molecule has 0 saturated carbocycles. The van der Waals surface area contributed by atoms with Crippen LogP contribution in [0.5, 0.6) is 5.75 Å². The van der Waals surface area contributed by atoms with Gasteiger partial charge < -0.3 is 14.9 Å². The Morgan fingerprint density at radius 2 is 1.95 bits per heavy atom. The average molecular weight is 272 g/mol. The number of ether oxygens (including phenoxy) is 1. The molecule has 2 aromatic rings. The van der Waals surface area contributed by atoms with E-state index in [0.29, 0.717) is 11.3 Å². The molecule has 20 heavy (non-hydrogen) atoms. The molecule has 0 amide bonds. The number of aromatic nitrogens is 1. The highest BCUT2D eigenvalue weighted by molar-refractivity contribution is 5.97. The lowest BCUT2D eigenvalue weighted by atomic mass is 10.1. The summed E-state index contributed by atoms with van der Waals surface area (Å²) >= 11 is 0. The number of aryl methyl sites for hydroxylation is 1. The molecule has 1 heterocycles. The minimum absolute atomic E-state index is 0.00937. The number of rotatable bonds is 5. The Morgan fingerprint density at radius 1 is 1.25 bits per heavy atom. The summed E-state index contributed by atoms with van der Waals surface area (Å²) in [5, 5.41) is 10.9. The van der Waals surface area contributed by atoms with E-state index in [2.05, 4.69) is 4.98 Å². The molecule has 0 bridgehead atoms. The van der Waals surface area contributed by atoms with Crippen molar-refractivity contribution in [1.82, 2.24) is 4.98 Å². The third-order valence-corrected chi connectivity index (χ3v) is 2.61. The molecule has 102 valence electrons. The van der Waals surface area contributed by atoms with Gasteiger partial charge in [-0.05, 0) is 22.0 Å². The van der Waals surface area contributed by atoms with Crippen molar-refractivity contribution in [3.63, 3.8) is 0 Å². The summed E-state index contributed by atoms with van der Waals surface area (Å²) in [6.45, 7) is 1.38. The topological polar surface area (TPSA) is 82.3 Å². The van der Waals surface area contributed by atoms with Crippen LogP contribution in [0, 0.1) is 17.0 Å². The SMILES string of the molecule is Cc1ccc(OCC(=O)c2ccccc2)c([N+](=O)[O-])n1. The Kier molecular flexibility index (Phi) is 4.05. The lowest BCUT2D eigenvalue weighted by Crippen LogP contribution is -2.12. The Morgan fingerprint density at radius 3 is 2.60 bits per heavy atom. The zero-order chi connectivity index (χ0) is 14.5. The molecule has 0 spiro atoms. The standard InChI is InChI=1S/C14H12N2O4/c1-10-7-8-13(14(15-10)16(18)19)20-9-12(17)11-5-3-2-4-6-11/h2-8H,9H2,1H3. The van der Waals surface area contributed by atoms with E-state index in [1.807, 2.05) is 0 Å². The monoisotopic (exact) mass is 272 g/mol. The molecule has 0 N–H and O–H groups in total. The zero-order valence-corrected chi connectivity index (χ0v) is 10.8. The molecular weight excluding hydrogens is 260 g/mol. The van der Waals surface area contributed by atoms with E-state index in [-0.39, 0.29) is 24.0 Å². The van der Waals surface area contributed by atoms with E-state index in [4.69, 9.17) is 4.74 Å². The van der Waals surface area contributed by atoms with Crippen LogP contribution >= 0.6 is 0 Å². The molecule has 0 aliphatic heterocycles. The minimum Gasteiger partial charge on any atom is -0.477 e. The van der Waals surface area contributed by atoms with Crippen molar-refractivity contribution in [1.29, 1.82) is 0 Å². The van der Waals surface area contributed by atoms with Gasteiger partial charge in [0.2, 0.25) is 5.75 Å². The summed E-state index contributed by atoms with van der Waals surface area (Å²) < 4.78 is 5.22. The normalized spacial score (nSPS) is 10.1. The average Bonchev–Trinajstić information content (AvgIpc) is 2.46. The van der Waals surface area contributed by atoms with Crippen molar-refractivity contribution < 1.29 is 14.5 Å². The van der Waals surface area contributed by atoms with Crippen LogP contribution in [0.2, 0.25) is 0 Å². The second-order valence-corrected chi connectivity index (χ2v) is 4.11. The smallest absolute Gasteiger partial charge is 0.406 e. The number of carbonyl (C=O) groups is 1. The molecule has 0 saturated heterocycles. The van der Waals surface area contributed by atoms with Crippen LogP contribution in [0.3, 0.4) is 0 Å². The third kappa shape index (κ3) is 3.17. The molecule has 1 aromatic heterocycles. The van der Waals surface area contributed by atoms with Gasteiger partial charge in [-0.15, -0.1) is 0 Å². The first-order valence-electron chi connectivity index (χ1n) is 5.91. The van der Waals surface area contributed by atoms with Crippen LogP contribution in [-0.2, 0) is 0 Å². The van der Waals surface area contributed by atoms with Crippen molar-refractivity contribution >= 4 is 11.6 Å². The van der Waals surface area contributed by atoms with Crippen molar-refractivity contribution in [3.05, 3.63) is 63.8 Å². The number of nitrogens with zero attached hydrogens (tertiary/aromatic N) is 2. The summed E-state index contributed by atoms with van der Waals surface area (Å²) in [6.07, 6.45) is 0. The number of hydrogen-bond donors (Lipinski definition) is 0. The van der Waals surface area contributed by atoms with Gasteiger partial charge in [0.15, 0.2) is 12.4 Å². The number of pyridine rings is 1. The molecule has 0 fully saturated rings. The zero-order valence-electron chi connectivity index (χ0n) is 10.8. The molecule has 6 nitrogen and oxygen atoms in total. The molecule has 0 atom stereocenters. The van der Waals surface area contributed by atoms with Crippen molar-refractivity contribution in [2.75, 3.05) is 6.61 Å². The molecule has 6 heteroatoms. The highest BCUT2D eigenvalue weighted by atomic mass is 16.6. The maximum Gasteiger partial charge on any atom is 0.406 e. The van der Waals surface area contributed by atoms with E-state index < -0.39 is 4.92 Å². The fourth-order valence-corrected chi connectivity index (χ4v) is 1.62. The van der Waals surface area contributed by atoms with Gasteiger partial charge in [0.1, 0.15) is 5.69 Å². The van der Waals surface area contributed by atoms with Gasteiger partial charge in [0.25, 0.3) is 0 Å². The highest BCUT2D eigenvalue weighted by Crippen LogP contribution is 2.24. The number of carbonyl (C=O) groups excluding carboxylic acids is 1. The Labute approximate surface area is 115 Å². The summed E-state index contributed by atoms with van der Waals surface area (Å²) in [6, 6.07) is 11.6. The van der Waals surface area contributed by atoms with E-state index in [1.54, 1.807) is 43.3 Å². The van der Waals surface area contributed by atoms with E-state index in [1.165, 1.54) is 6.07 Å². The van der Waals surface area contributed by atoms with Gasteiger partial charge in [0, 0.05) is 12.5 Å². The Balaban J connectivity index is 2.12. The predicted molar refractivity (Wildman–Crippen MR) is 71.9 cm³/mol. The fourth-order valence-electron chi connectivity index (χ4n) is 1.62. The van der Waals surface area contributed by atoms with Crippen molar-refractivity contribution in [2.24, 2.45) is 0 Å². The van der Waals surface area contributed by atoms with E-state index in [9.17, 15) is 14.9 Å². The molecule has 0 unspecified atom stereocenters. The summed E-state index contributed by atoms with van der Waals surface area (Å²) in [5.41, 5.74) is 1.01. The van der Waals surface area contributed by atoms with Crippen LogP contribution < -0.4 is 4.74 Å². The van der Waals surface area contributed by atoms with Crippen molar-refractivity contribution in [2.45, 2.75) is 6.92 Å². The third-order valence-electron chi connectivity index (χ3n) is 2.61. The van der Waals surface area contributed by atoms with E-state index >= 15 is 0 Å². The van der Waals surface area contributed by atoms with Gasteiger partial charge in [-0.3, -0.25) is 4.79 Å². The van der Waals surface area contributed by atoms with Crippen LogP contribution in [-0.4, -0.2) is 22.3 Å². The van der Waals surface area contributed by atoms with Gasteiger partial charge in [-0.2, -0.15) is 0 Å². The van der Waals surface area contributed by atoms with Crippen LogP contribution in [0.15, 0.2) is 42.5 Å². The number of Topliss-reactive ketones (excluding diaryl/α,β-unsaturated/α-hetero) is 1. The maximum absolute atomic E-state index is 11.9. The van der Waals surface area contributed by atoms with Crippen molar-refractivity contribution in [3.8, 4) is 5.75 Å². The molecule has 0 aliphatic rings. The van der Waals surface area contributed by atoms with Gasteiger partial charge >= 0.3 is 5.82 Å². The second-order valence-electron chi connectivity index (χ2n) is 4.11. The molecule has 1 aromatic carbocycles. The first kappa shape index (κ1) is 13.7. The molecule has 0 radical (unpaired) electrons. The first-order chi connectivity index (χ1) is 9.58. The van der Waals surface area contributed by atoms with Crippen LogP contribution in [0.25, 0.3) is 0 Å². The van der Waals surface area contributed by atoms with Crippen LogP contribution in [0.4, 0.5) is 5.82 Å². The van der Waals surface area contributed by atoms with Crippen LogP contribution in [0.1, 0.15) is 16.1 Å². The summed E-state index contributed by atoms with van der Waals surface area (Å²) in [7, 11) is 0. The highest BCUT2D eigenvalue weighted by Gasteiger charge is 2.18. The molecular formula is C14H12N2O4. The number of nitro groups is 1. The van der Waals surface area contributed by atoms with Gasteiger partial charge in [-0.1, -0.05) is 30.3 Å². The Hall–Kier alpha value is -2.76. The number of ketones is 1. The van der Waals surface area contributed by atoms with E-state index in [0.717, 1.165) is 0 Å². The summed E-state index contributed by atoms with van der Waals surface area (Å²) in [5.74, 6) is -0.642. The summed E-state index contributed by atoms with van der Waals surface area (Å²) in [4.78, 5) is 25.9. The first-order valence-corrected chi connectivity index (χ1v) is 5.91. The number of benzene rings is 1. The Bertz CT molecular complexity index is 641. The largest absolute Gasteiger partial charge is 0.477 e.